The largest absolute Gasteiger partial charge is 0.493 e. The van der Waals surface area contributed by atoms with E-state index >= 15 is 8.78 Å². The number of H-pyrrole nitrogens is 2. The molecule has 2 aromatic carbocycles. The summed E-state index contributed by atoms with van der Waals surface area (Å²) in [6.07, 6.45) is 6.60. The number of benzene rings is 2. The summed E-state index contributed by atoms with van der Waals surface area (Å²) in [6.45, 7) is 7.45. The first kappa shape index (κ1) is 37.2. The van der Waals surface area contributed by atoms with E-state index in [0.717, 1.165) is 83.3 Å². The van der Waals surface area contributed by atoms with Gasteiger partial charge in [0.2, 0.25) is 0 Å². The molecule has 0 radical (unpaired) electrons. The van der Waals surface area contributed by atoms with Crippen molar-refractivity contribution >= 4 is 21.8 Å². The Morgan fingerprint density at radius 2 is 1.62 bits per heavy atom. The molecule has 6 heterocycles. The topological polar surface area (TPSA) is 153 Å². The highest BCUT2D eigenvalue weighted by Gasteiger charge is 2.27. The van der Waals surface area contributed by atoms with Gasteiger partial charge in [0.1, 0.15) is 35.2 Å². The molecule has 3 aliphatic rings. The van der Waals surface area contributed by atoms with Gasteiger partial charge < -0.3 is 29.0 Å². The minimum atomic E-state index is -0.659. The number of likely N-dealkylation sites (tertiary alicyclic amines) is 2. The highest BCUT2D eigenvalue weighted by atomic mass is 19.1. The van der Waals surface area contributed by atoms with Crippen LogP contribution < -0.4 is 21.5 Å². The Morgan fingerprint density at radius 3 is 2.35 bits per heavy atom. The number of nitrogens with one attached hydrogen (secondary N) is 2. The maximum absolute atomic E-state index is 15.6. The fraction of sp³-hybridized carbons (Fsp3) is 0.513. The van der Waals surface area contributed by atoms with Gasteiger partial charge in [-0.3, -0.25) is 23.8 Å². The molecule has 0 spiro atoms. The number of nitrogens with zero attached hydrogens (tertiary/aromatic N) is 6. The third kappa shape index (κ3) is 8.27. The summed E-state index contributed by atoms with van der Waals surface area (Å²) >= 11 is 0. The molecule has 3 aromatic heterocycles. The van der Waals surface area contributed by atoms with Crippen LogP contribution in [-0.4, -0.2) is 104 Å². The Kier molecular flexibility index (Phi) is 10.9. The lowest BCUT2D eigenvalue weighted by molar-refractivity contribution is -0.0408. The van der Waals surface area contributed by atoms with Crippen LogP contribution in [0.15, 0.2) is 50.9 Å². The zero-order chi connectivity index (χ0) is 38.1. The summed E-state index contributed by atoms with van der Waals surface area (Å²) in [7, 11) is 1.76. The molecular weight excluding hydrogens is 714 g/mol. The van der Waals surface area contributed by atoms with Crippen LogP contribution in [0.4, 0.5) is 8.78 Å². The molecule has 14 nitrogen and oxygen atoms in total. The molecule has 0 amide bonds. The van der Waals surface area contributed by atoms with E-state index in [4.69, 9.17) is 14.2 Å². The molecule has 2 N–H and O–H groups in total. The second kappa shape index (κ2) is 16.1. The Morgan fingerprint density at radius 1 is 0.891 bits per heavy atom. The second-order valence-corrected chi connectivity index (χ2v) is 15.0. The molecular formula is C39H46F2N8O6. The molecule has 55 heavy (non-hydrogen) atoms. The summed E-state index contributed by atoms with van der Waals surface area (Å²) < 4.78 is 50.8. The van der Waals surface area contributed by atoms with Crippen LogP contribution in [0.1, 0.15) is 55.8 Å². The molecule has 8 rings (SSSR count). The highest BCUT2D eigenvalue weighted by molar-refractivity contribution is 5.87. The van der Waals surface area contributed by atoms with Gasteiger partial charge in [0, 0.05) is 63.1 Å². The van der Waals surface area contributed by atoms with E-state index in [-0.39, 0.29) is 41.2 Å². The Bertz CT molecular complexity index is 2340. The van der Waals surface area contributed by atoms with Crippen LogP contribution >= 0.6 is 0 Å². The van der Waals surface area contributed by atoms with E-state index in [0.29, 0.717) is 48.3 Å². The van der Waals surface area contributed by atoms with Gasteiger partial charge in [-0.05, 0) is 94.2 Å². The van der Waals surface area contributed by atoms with Gasteiger partial charge >= 0.3 is 5.69 Å². The van der Waals surface area contributed by atoms with Gasteiger partial charge in [-0.2, -0.15) is 5.10 Å². The number of ether oxygens (including phenoxy) is 3. The Balaban J connectivity index is 0.797. The van der Waals surface area contributed by atoms with Crippen molar-refractivity contribution < 1.29 is 23.0 Å². The number of aromatic nitrogens is 6. The number of fused-ring (bicyclic) bond motifs is 2. The van der Waals surface area contributed by atoms with E-state index in [1.807, 2.05) is 6.07 Å². The van der Waals surface area contributed by atoms with Crippen molar-refractivity contribution in [1.29, 1.82) is 0 Å². The van der Waals surface area contributed by atoms with Gasteiger partial charge in [-0.15, -0.1) is 0 Å². The summed E-state index contributed by atoms with van der Waals surface area (Å²) in [5.41, 5.74) is -0.0328. The van der Waals surface area contributed by atoms with Crippen LogP contribution in [0.5, 0.6) is 5.75 Å². The molecule has 0 aliphatic carbocycles. The van der Waals surface area contributed by atoms with E-state index in [9.17, 15) is 14.4 Å². The molecule has 0 bridgehead atoms. The van der Waals surface area contributed by atoms with Crippen molar-refractivity contribution in [1.82, 2.24) is 39.1 Å². The lowest BCUT2D eigenvalue weighted by Crippen LogP contribution is -2.42. The molecule has 5 aromatic rings. The van der Waals surface area contributed by atoms with E-state index < -0.39 is 22.6 Å². The van der Waals surface area contributed by atoms with Gasteiger partial charge in [0.15, 0.2) is 5.82 Å². The first-order valence-electron chi connectivity index (χ1n) is 19.2. The van der Waals surface area contributed by atoms with Crippen LogP contribution in [0.3, 0.4) is 0 Å². The van der Waals surface area contributed by atoms with E-state index in [1.54, 1.807) is 17.8 Å². The number of rotatable bonds is 11. The van der Waals surface area contributed by atoms with E-state index in [2.05, 4.69) is 29.9 Å². The first-order chi connectivity index (χ1) is 26.7. The number of piperidine rings is 2. The first-order valence-corrected chi connectivity index (χ1v) is 19.2. The van der Waals surface area contributed by atoms with Crippen molar-refractivity contribution in [3.8, 4) is 11.6 Å². The SMILES string of the molecule is Cn1nc(-n2ccc(=O)[nH]c2=O)c2cc(F)c(C3CCN(CCN4CCC(COc5cc(F)c6c(=O)[nH]c(COC7CCOCC7)nc6c5)CC4)CC3)cc21. The summed E-state index contributed by atoms with van der Waals surface area (Å²) in [4.78, 5) is 50.9. The number of aryl methyl sites for hydroxylation is 1. The number of hydrogen-bond donors (Lipinski definition) is 2. The van der Waals surface area contributed by atoms with Gasteiger partial charge in [0.05, 0.1) is 23.7 Å². The van der Waals surface area contributed by atoms with Gasteiger partial charge in [-0.25, -0.2) is 18.6 Å². The third-order valence-corrected chi connectivity index (χ3v) is 11.4. The van der Waals surface area contributed by atoms with Crippen LogP contribution in [-0.2, 0) is 23.1 Å². The second-order valence-electron chi connectivity index (χ2n) is 15.0. The van der Waals surface area contributed by atoms with E-state index in [1.165, 1.54) is 29.0 Å². The fourth-order valence-corrected chi connectivity index (χ4v) is 8.13. The van der Waals surface area contributed by atoms with Crippen molar-refractivity contribution in [3.05, 3.63) is 90.7 Å². The molecule has 0 atom stereocenters. The zero-order valence-corrected chi connectivity index (χ0v) is 30.9. The minimum absolute atomic E-state index is 0.0440. The Labute approximate surface area is 315 Å². The van der Waals surface area contributed by atoms with Crippen molar-refractivity contribution in [2.75, 3.05) is 59.1 Å². The summed E-state index contributed by atoms with van der Waals surface area (Å²) in [5, 5.41) is 4.88. The summed E-state index contributed by atoms with van der Waals surface area (Å²) in [5.74, 6) is 0.426. The van der Waals surface area contributed by atoms with Crippen molar-refractivity contribution in [2.24, 2.45) is 13.0 Å². The molecule has 16 heteroatoms. The lowest BCUT2D eigenvalue weighted by Gasteiger charge is -2.36. The van der Waals surface area contributed by atoms with Gasteiger partial charge in [-0.1, -0.05) is 0 Å². The quantitative estimate of drug-likeness (QED) is 0.204. The lowest BCUT2D eigenvalue weighted by atomic mass is 9.88. The molecule has 3 saturated heterocycles. The molecule has 3 fully saturated rings. The maximum atomic E-state index is 15.6. The number of hydrogen-bond acceptors (Lipinski definition) is 10. The Hall–Kier alpha value is -4.77. The molecule has 0 unspecified atom stereocenters. The monoisotopic (exact) mass is 760 g/mol. The minimum Gasteiger partial charge on any atom is -0.493 e. The number of aromatic amines is 2. The standard InChI is InChI=1S/C39H46F2N8O6/c1-46-33-21-28(30(40)20-29(33)37(45-46)49-13-6-35(50)44-39(49)52)25-4-11-48(12-5-25)15-14-47-9-2-24(3-10-47)22-54-27-18-31(41)36-32(19-27)42-34(43-38(36)51)23-55-26-7-16-53-17-8-26/h6,13,18-21,24-26H,2-5,7-12,14-17,22-23H2,1H3,(H,42,43,51)(H,44,50,52). The van der Waals surface area contributed by atoms with Crippen LogP contribution in [0, 0.1) is 17.6 Å². The van der Waals surface area contributed by atoms with Crippen molar-refractivity contribution in [3.63, 3.8) is 0 Å². The molecule has 292 valence electrons. The zero-order valence-electron chi connectivity index (χ0n) is 30.9. The predicted molar refractivity (Wildman–Crippen MR) is 201 cm³/mol. The molecule has 3 aliphatic heterocycles. The fourth-order valence-electron chi connectivity index (χ4n) is 8.13. The average molecular weight is 761 g/mol. The number of halogens is 2. The van der Waals surface area contributed by atoms with Crippen molar-refractivity contribution in [2.45, 2.75) is 57.2 Å². The molecule has 0 saturated carbocycles. The third-order valence-electron chi connectivity index (χ3n) is 11.4. The summed E-state index contributed by atoms with van der Waals surface area (Å²) in [6, 6.07) is 7.43. The predicted octanol–water partition coefficient (Wildman–Crippen LogP) is 3.59. The normalized spacial score (nSPS) is 18.5. The smallest absolute Gasteiger partial charge is 0.334 e. The van der Waals surface area contributed by atoms with Crippen LogP contribution in [0.2, 0.25) is 0 Å². The average Bonchev–Trinajstić information content (AvgIpc) is 3.49. The van der Waals surface area contributed by atoms with Gasteiger partial charge in [0.25, 0.3) is 11.1 Å². The maximum Gasteiger partial charge on any atom is 0.334 e. The van der Waals surface area contributed by atoms with Crippen LogP contribution in [0.25, 0.3) is 27.6 Å². The highest BCUT2D eigenvalue weighted by Crippen LogP contribution is 2.34.